The van der Waals surface area contributed by atoms with Crippen molar-refractivity contribution in [2.45, 2.75) is 24.7 Å². The van der Waals surface area contributed by atoms with Crippen LogP contribution >= 0.6 is 0 Å². The maximum absolute atomic E-state index is 12.2. The second-order valence-electron chi connectivity index (χ2n) is 5.08. The van der Waals surface area contributed by atoms with Gasteiger partial charge in [-0.15, -0.1) is 0 Å². The average Bonchev–Trinajstić information content (AvgIpc) is 2.59. The van der Waals surface area contributed by atoms with E-state index in [1.807, 2.05) is 0 Å². The first-order chi connectivity index (χ1) is 8.28. The third kappa shape index (κ3) is 3.01. The molecule has 100 valence electrons. The minimum absolute atomic E-state index is 0.0753. The summed E-state index contributed by atoms with van der Waals surface area (Å²) in [7, 11) is -3.38. The zero-order chi connectivity index (χ0) is 13.4. The molecule has 1 aromatic rings. The predicted molar refractivity (Wildman–Crippen MR) is 70.3 cm³/mol. The molecule has 0 spiro atoms. The number of nitrogens with zero attached hydrogens (tertiary/aromatic N) is 1. The van der Waals surface area contributed by atoms with Crippen molar-refractivity contribution in [2.75, 3.05) is 18.8 Å². The number of benzene rings is 1. The van der Waals surface area contributed by atoms with E-state index in [4.69, 9.17) is 5.73 Å². The van der Waals surface area contributed by atoms with Gasteiger partial charge in [-0.05, 0) is 31.0 Å². The number of β-amino-alcohol motifs (C(OH)–C–C–N with tert-alkyl or cyclic N) is 1. The monoisotopic (exact) mass is 270 g/mol. The van der Waals surface area contributed by atoms with Crippen molar-refractivity contribution in [3.63, 3.8) is 0 Å². The summed E-state index contributed by atoms with van der Waals surface area (Å²) in [5.41, 5.74) is 5.93. The lowest BCUT2D eigenvalue weighted by Gasteiger charge is -2.19. The first kappa shape index (κ1) is 13.3. The molecule has 1 aromatic carbocycles. The van der Waals surface area contributed by atoms with Crippen LogP contribution in [0, 0.1) is 0 Å². The molecule has 1 aliphatic heterocycles. The van der Waals surface area contributed by atoms with E-state index in [0.29, 0.717) is 24.2 Å². The third-order valence-corrected chi connectivity index (χ3v) is 4.91. The molecule has 1 atom stereocenters. The minimum Gasteiger partial charge on any atom is -0.399 e. The van der Waals surface area contributed by atoms with E-state index < -0.39 is 15.6 Å². The van der Waals surface area contributed by atoms with E-state index >= 15 is 0 Å². The Balaban J connectivity index is 2.13. The van der Waals surface area contributed by atoms with Gasteiger partial charge in [0.1, 0.15) is 0 Å². The van der Waals surface area contributed by atoms with Crippen LogP contribution < -0.4 is 5.73 Å². The highest BCUT2D eigenvalue weighted by Crippen LogP contribution is 2.24. The largest absolute Gasteiger partial charge is 0.399 e. The van der Waals surface area contributed by atoms with Gasteiger partial charge in [-0.3, -0.25) is 0 Å². The Hall–Kier alpha value is -1.11. The smallest absolute Gasteiger partial charge is 0.218 e. The van der Waals surface area contributed by atoms with Gasteiger partial charge in [0.25, 0.3) is 0 Å². The standard InChI is InChI=1S/C12H18N2O3S/c1-12(15)5-6-14(9-12)18(16,17)8-10-3-2-4-11(13)7-10/h2-4,7,15H,5-6,8-9,13H2,1H3. The van der Waals surface area contributed by atoms with Crippen molar-refractivity contribution in [3.05, 3.63) is 29.8 Å². The van der Waals surface area contributed by atoms with E-state index in [-0.39, 0.29) is 12.3 Å². The fourth-order valence-electron chi connectivity index (χ4n) is 2.13. The molecule has 0 bridgehead atoms. The summed E-state index contributed by atoms with van der Waals surface area (Å²) < 4.78 is 25.7. The predicted octanol–water partition coefficient (Wildman–Crippen LogP) is 0.555. The van der Waals surface area contributed by atoms with Crippen molar-refractivity contribution in [1.82, 2.24) is 4.31 Å². The van der Waals surface area contributed by atoms with Crippen LogP contribution in [0.25, 0.3) is 0 Å². The molecule has 2 rings (SSSR count). The second kappa shape index (κ2) is 4.53. The highest BCUT2D eigenvalue weighted by atomic mass is 32.2. The lowest BCUT2D eigenvalue weighted by Crippen LogP contribution is -2.34. The lowest BCUT2D eigenvalue weighted by molar-refractivity contribution is 0.0762. The van der Waals surface area contributed by atoms with Gasteiger partial charge in [0.2, 0.25) is 10.0 Å². The van der Waals surface area contributed by atoms with Gasteiger partial charge >= 0.3 is 0 Å². The highest BCUT2D eigenvalue weighted by molar-refractivity contribution is 7.88. The van der Waals surface area contributed by atoms with Crippen LogP contribution in [0.4, 0.5) is 5.69 Å². The number of nitrogen functional groups attached to an aromatic ring is 1. The molecular formula is C12H18N2O3S. The average molecular weight is 270 g/mol. The Morgan fingerprint density at radius 1 is 1.50 bits per heavy atom. The molecule has 1 saturated heterocycles. The van der Waals surface area contributed by atoms with Crippen LogP contribution in [0.1, 0.15) is 18.9 Å². The van der Waals surface area contributed by atoms with Crippen molar-refractivity contribution in [1.29, 1.82) is 0 Å². The third-order valence-electron chi connectivity index (χ3n) is 3.11. The summed E-state index contributed by atoms with van der Waals surface area (Å²) >= 11 is 0. The fraction of sp³-hybridized carbons (Fsp3) is 0.500. The Morgan fingerprint density at radius 2 is 2.22 bits per heavy atom. The van der Waals surface area contributed by atoms with Crippen LogP contribution in [-0.2, 0) is 15.8 Å². The second-order valence-corrected chi connectivity index (χ2v) is 7.05. The fourth-order valence-corrected chi connectivity index (χ4v) is 3.75. The molecular weight excluding hydrogens is 252 g/mol. The van der Waals surface area contributed by atoms with E-state index in [1.54, 1.807) is 31.2 Å². The number of aliphatic hydroxyl groups is 1. The summed E-state index contributed by atoms with van der Waals surface area (Å²) in [4.78, 5) is 0. The number of rotatable bonds is 3. The number of hydrogen-bond donors (Lipinski definition) is 2. The van der Waals surface area contributed by atoms with Crippen LogP contribution in [0.3, 0.4) is 0 Å². The van der Waals surface area contributed by atoms with Crippen LogP contribution in [0.5, 0.6) is 0 Å². The normalized spacial score (nSPS) is 25.4. The van der Waals surface area contributed by atoms with Crippen LogP contribution in [0.15, 0.2) is 24.3 Å². The van der Waals surface area contributed by atoms with Gasteiger partial charge < -0.3 is 10.8 Å². The molecule has 3 N–H and O–H groups in total. The maximum atomic E-state index is 12.2. The first-order valence-corrected chi connectivity index (χ1v) is 7.44. The molecule has 1 fully saturated rings. The minimum atomic E-state index is -3.38. The number of anilines is 1. The quantitative estimate of drug-likeness (QED) is 0.786. The Kier molecular flexibility index (Phi) is 3.35. The number of nitrogens with two attached hydrogens (primary N) is 1. The van der Waals surface area contributed by atoms with Crippen LogP contribution in [-0.4, -0.2) is 36.5 Å². The van der Waals surface area contributed by atoms with Crippen molar-refractivity contribution in [2.24, 2.45) is 0 Å². The summed E-state index contributed by atoms with van der Waals surface area (Å²) in [6.07, 6.45) is 0.475. The number of hydrogen-bond acceptors (Lipinski definition) is 4. The molecule has 0 radical (unpaired) electrons. The SMILES string of the molecule is CC1(O)CCN(S(=O)(=O)Cc2cccc(N)c2)C1. The Bertz CT molecular complexity index is 540. The Morgan fingerprint density at radius 3 is 2.78 bits per heavy atom. The number of sulfonamides is 1. The van der Waals surface area contributed by atoms with Crippen molar-refractivity contribution < 1.29 is 13.5 Å². The topological polar surface area (TPSA) is 83.6 Å². The van der Waals surface area contributed by atoms with Gasteiger partial charge in [-0.25, -0.2) is 8.42 Å². The highest BCUT2D eigenvalue weighted by Gasteiger charge is 2.37. The molecule has 0 aliphatic carbocycles. The maximum Gasteiger partial charge on any atom is 0.218 e. The zero-order valence-corrected chi connectivity index (χ0v) is 11.2. The molecule has 0 amide bonds. The molecule has 0 saturated carbocycles. The van der Waals surface area contributed by atoms with E-state index in [2.05, 4.69) is 0 Å². The summed E-state index contributed by atoms with van der Waals surface area (Å²) in [5.74, 6) is -0.0753. The van der Waals surface area contributed by atoms with E-state index in [1.165, 1.54) is 4.31 Å². The molecule has 0 aromatic heterocycles. The van der Waals surface area contributed by atoms with Gasteiger partial charge in [-0.2, -0.15) is 4.31 Å². The summed E-state index contributed by atoms with van der Waals surface area (Å²) in [6, 6.07) is 6.85. The lowest BCUT2D eigenvalue weighted by atomic mass is 10.1. The van der Waals surface area contributed by atoms with Gasteiger partial charge in [0.05, 0.1) is 11.4 Å². The van der Waals surface area contributed by atoms with Gasteiger partial charge in [0, 0.05) is 18.8 Å². The van der Waals surface area contributed by atoms with E-state index in [0.717, 1.165) is 0 Å². The zero-order valence-electron chi connectivity index (χ0n) is 10.3. The molecule has 5 nitrogen and oxygen atoms in total. The van der Waals surface area contributed by atoms with Crippen molar-refractivity contribution in [3.8, 4) is 0 Å². The summed E-state index contributed by atoms with van der Waals surface area (Å²) in [6.45, 7) is 2.19. The Labute approximate surface area is 107 Å². The molecule has 18 heavy (non-hydrogen) atoms. The van der Waals surface area contributed by atoms with Crippen molar-refractivity contribution >= 4 is 15.7 Å². The molecule has 6 heteroatoms. The van der Waals surface area contributed by atoms with Gasteiger partial charge in [-0.1, -0.05) is 12.1 Å². The first-order valence-electron chi connectivity index (χ1n) is 5.83. The molecule has 1 unspecified atom stereocenters. The van der Waals surface area contributed by atoms with Gasteiger partial charge in [0.15, 0.2) is 0 Å². The van der Waals surface area contributed by atoms with Crippen LogP contribution in [0.2, 0.25) is 0 Å². The van der Waals surface area contributed by atoms with E-state index in [9.17, 15) is 13.5 Å². The summed E-state index contributed by atoms with van der Waals surface area (Å²) in [5, 5.41) is 9.81. The molecule has 1 heterocycles. The molecule has 1 aliphatic rings.